The van der Waals surface area contributed by atoms with E-state index in [0.29, 0.717) is 6.04 Å². The van der Waals surface area contributed by atoms with Gasteiger partial charge in [0.1, 0.15) is 0 Å². The minimum atomic E-state index is -0.00366. The molecule has 0 aliphatic carbocycles. The van der Waals surface area contributed by atoms with Crippen LogP contribution in [-0.4, -0.2) is 33.6 Å². The van der Waals surface area contributed by atoms with E-state index in [1.807, 2.05) is 6.20 Å². The third-order valence-electron chi connectivity index (χ3n) is 2.95. The zero-order chi connectivity index (χ0) is 9.97. The second kappa shape index (κ2) is 4.00. The third kappa shape index (κ3) is 1.90. The highest BCUT2D eigenvalue weighted by atomic mass is 16.1. The Hall–Kier alpha value is -1.03. The molecule has 0 amide bonds. The molecule has 0 saturated carbocycles. The van der Waals surface area contributed by atoms with Gasteiger partial charge in [0.2, 0.25) is 0 Å². The molecule has 1 aliphatic rings. The number of likely N-dealkylation sites (tertiary alicyclic amines) is 1. The highest BCUT2D eigenvalue weighted by molar-refractivity contribution is 4.80. The largest absolute Gasteiger partial charge is 0.325 e. The molecule has 0 aromatic carbocycles. The number of imidazole rings is 1. The predicted molar refractivity (Wildman–Crippen MR) is 55.3 cm³/mol. The first-order valence-electron chi connectivity index (χ1n) is 5.25. The number of aromatic nitrogens is 2. The van der Waals surface area contributed by atoms with Gasteiger partial charge in [-0.2, -0.15) is 0 Å². The maximum atomic E-state index is 11.3. The van der Waals surface area contributed by atoms with E-state index in [0.717, 1.165) is 6.54 Å². The first kappa shape index (κ1) is 9.52. The van der Waals surface area contributed by atoms with E-state index in [1.165, 1.54) is 25.9 Å². The zero-order valence-corrected chi connectivity index (χ0v) is 8.57. The second-order valence-corrected chi connectivity index (χ2v) is 4.01. The lowest BCUT2D eigenvalue weighted by atomic mass is 10.3. The van der Waals surface area contributed by atoms with Crippen LogP contribution in [0.25, 0.3) is 0 Å². The standard InChI is InChI=1S/C10H17N3O/c1-9(12-5-2-3-6-12)8-13-7-4-11-10(13)14/h4,7,9H,2-3,5-6,8H2,1H3,(H,11,14). The first-order valence-corrected chi connectivity index (χ1v) is 5.25. The molecular weight excluding hydrogens is 178 g/mol. The van der Waals surface area contributed by atoms with Crippen LogP contribution in [0.15, 0.2) is 17.2 Å². The maximum Gasteiger partial charge on any atom is 0.325 e. The van der Waals surface area contributed by atoms with Crippen molar-refractivity contribution in [3.8, 4) is 0 Å². The van der Waals surface area contributed by atoms with Crippen molar-refractivity contribution in [2.75, 3.05) is 13.1 Å². The summed E-state index contributed by atoms with van der Waals surface area (Å²) in [6.07, 6.45) is 6.10. The Labute approximate surface area is 83.5 Å². The van der Waals surface area contributed by atoms with Crippen LogP contribution in [0.2, 0.25) is 0 Å². The number of rotatable bonds is 3. The molecule has 4 heteroatoms. The van der Waals surface area contributed by atoms with Gasteiger partial charge in [-0.1, -0.05) is 0 Å². The topological polar surface area (TPSA) is 41.0 Å². The average Bonchev–Trinajstić information content (AvgIpc) is 2.77. The van der Waals surface area contributed by atoms with Crippen LogP contribution < -0.4 is 5.69 Å². The Bertz CT molecular complexity index is 335. The van der Waals surface area contributed by atoms with Gasteiger partial charge in [-0.3, -0.25) is 9.47 Å². The van der Waals surface area contributed by atoms with Crippen LogP contribution in [0.5, 0.6) is 0 Å². The summed E-state index contributed by atoms with van der Waals surface area (Å²) in [6.45, 7) is 5.34. The Morgan fingerprint density at radius 1 is 1.50 bits per heavy atom. The Balaban J connectivity index is 1.97. The number of aromatic amines is 1. The number of H-pyrrole nitrogens is 1. The molecule has 1 atom stereocenters. The highest BCUT2D eigenvalue weighted by Gasteiger charge is 2.18. The summed E-state index contributed by atoms with van der Waals surface area (Å²) in [4.78, 5) is 16.4. The molecule has 1 aromatic heterocycles. The van der Waals surface area contributed by atoms with E-state index in [1.54, 1.807) is 10.8 Å². The average molecular weight is 195 g/mol. The van der Waals surface area contributed by atoms with E-state index in [9.17, 15) is 4.79 Å². The van der Waals surface area contributed by atoms with Crippen molar-refractivity contribution < 1.29 is 0 Å². The molecule has 1 N–H and O–H groups in total. The fraction of sp³-hybridized carbons (Fsp3) is 0.700. The summed E-state index contributed by atoms with van der Waals surface area (Å²) in [5, 5.41) is 0. The molecule has 0 bridgehead atoms. The molecule has 1 aromatic rings. The lowest BCUT2D eigenvalue weighted by molar-refractivity contribution is 0.234. The summed E-state index contributed by atoms with van der Waals surface area (Å²) in [5.74, 6) is 0. The fourth-order valence-electron chi connectivity index (χ4n) is 2.08. The molecule has 1 fully saturated rings. The van der Waals surface area contributed by atoms with Crippen LogP contribution >= 0.6 is 0 Å². The van der Waals surface area contributed by atoms with Crippen molar-refractivity contribution >= 4 is 0 Å². The SMILES string of the molecule is CC(Cn1cc[nH]c1=O)N1CCCC1. The summed E-state index contributed by atoms with van der Waals surface area (Å²) < 4.78 is 1.74. The van der Waals surface area contributed by atoms with Gasteiger partial charge in [0.15, 0.2) is 0 Å². The van der Waals surface area contributed by atoms with Gasteiger partial charge >= 0.3 is 5.69 Å². The van der Waals surface area contributed by atoms with Crippen molar-refractivity contribution in [2.24, 2.45) is 0 Å². The van der Waals surface area contributed by atoms with E-state index in [2.05, 4.69) is 16.8 Å². The van der Waals surface area contributed by atoms with Gasteiger partial charge in [0.05, 0.1) is 0 Å². The van der Waals surface area contributed by atoms with Crippen LogP contribution in [0, 0.1) is 0 Å². The summed E-state index contributed by atoms with van der Waals surface area (Å²) in [5.41, 5.74) is -0.00366. The summed E-state index contributed by atoms with van der Waals surface area (Å²) in [7, 11) is 0. The maximum absolute atomic E-state index is 11.3. The number of nitrogens with zero attached hydrogens (tertiary/aromatic N) is 2. The quantitative estimate of drug-likeness (QED) is 0.769. The molecule has 0 radical (unpaired) electrons. The summed E-state index contributed by atoms with van der Waals surface area (Å²) >= 11 is 0. The van der Waals surface area contributed by atoms with Crippen molar-refractivity contribution in [1.82, 2.24) is 14.5 Å². The Morgan fingerprint density at radius 3 is 2.79 bits per heavy atom. The molecule has 1 aliphatic heterocycles. The molecule has 14 heavy (non-hydrogen) atoms. The minimum Gasteiger partial charge on any atom is -0.313 e. The molecule has 78 valence electrons. The van der Waals surface area contributed by atoms with E-state index in [-0.39, 0.29) is 5.69 Å². The second-order valence-electron chi connectivity index (χ2n) is 4.01. The van der Waals surface area contributed by atoms with E-state index >= 15 is 0 Å². The molecule has 0 spiro atoms. The molecule has 4 nitrogen and oxygen atoms in total. The van der Waals surface area contributed by atoms with Gasteiger partial charge in [-0.25, -0.2) is 4.79 Å². The normalized spacial score (nSPS) is 20.1. The van der Waals surface area contributed by atoms with Crippen molar-refractivity contribution in [3.05, 3.63) is 22.9 Å². The van der Waals surface area contributed by atoms with Gasteiger partial charge in [-0.15, -0.1) is 0 Å². The fourth-order valence-corrected chi connectivity index (χ4v) is 2.08. The van der Waals surface area contributed by atoms with Gasteiger partial charge < -0.3 is 4.98 Å². The minimum absolute atomic E-state index is 0.00366. The molecule has 1 unspecified atom stereocenters. The highest BCUT2D eigenvalue weighted by Crippen LogP contribution is 2.12. The number of hydrogen-bond donors (Lipinski definition) is 1. The zero-order valence-electron chi connectivity index (χ0n) is 8.57. The number of nitrogens with one attached hydrogen (secondary N) is 1. The van der Waals surface area contributed by atoms with Crippen LogP contribution in [-0.2, 0) is 6.54 Å². The lowest BCUT2D eigenvalue weighted by Gasteiger charge is -2.23. The van der Waals surface area contributed by atoms with Crippen LogP contribution in [0.4, 0.5) is 0 Å². The number of hydrogen-bond acceptors (Lipinski definition) is 2. The van der Waals surface area contributed by atoms with E-state index < -0.39 is 0 Å². The van der Waals surface area contributed by atoms with Gasteiger partial charge in [-0.05, 0) is 32.9 Å². The summed E-state index contributed by atoms with van der Waals surface area (Å²) in [6, 6.07) is 0.464. The predicted octanol–water partition coefficient (Wildman–Crippen LogP) is 0.661. The van der Waals surface area contributed by atoms with Crippen LogP contribution in [0.3, 0.4) is 0 Å². The van der Waals surface area contributed by atoms with Crippen LogP contribution in [0.1, 0.15) is 19.8 Å². The van der Waals surface area contributed by atoms with Gasteiger partial charge in [0, 0.05) is 25.0 Å². The lowest BCUT2D eigenvalue weighted by Crippen LogP contribution is -2.35. The molecule has 2 rings (SSSR count). The monoisotopic (exact) mass is 195 g/mol. The molecule has 1 saturated heterocycles. The van der Waals surface area contributed by atoms with Crippen molar-refractivity contribution in [1.29, 1.82) is 0 Å². The van der Waals surface area contributed by atoms with Crippen molar-refractivity contribution in [3.63, 3.8) is 0 Å². The van der Waals surface area contributed by atoms with Crippen molar-refractivity contribution in [2.45, 2.75) is 32.4 Å². The van der Waals surface area contributed by atoms with E-state index in [4.69, 9.17) is 0 Å². The Kier molecular flexibility index (Phi) is 2.72. The van der Waals surface area contributed by atoms with Gasteiger partial charge in [0.25, 0.3) is 0 Å². The molecule has 2 heterocycles. The Morgan fingerprint density at radius 2 is 2.21 bits per heavy atom. The molecular formula is C10H17N3O. The first-order chi connectivity index (χ1) is 6.77. The third-order valence-corrected chi connectivity index (χ3v) is 2.95. The smallest absolute Gasteiger partial charge is 0.313 e.